The molecule has 1 aliphatic rings. The maximum Gasteiger partial charge on any atom is 0.266 e. The summed E-state index contributed by atoms with van der Waals surface area (Å²) in [5.41, 5.74) is 2.18. The molecular weight excluding hydrogens is 420 g/mol. The molecule has 0 spiro atoms. The monoisotopic (exact) mass is 446 g/mol. The van der Waals surface area contributed by atoms with Crippen LogP contribution in [0.3, 0.4) is 0 Å². The van der Waals surface area contributed by atoms with Gasteiger partial charge in [-0.25, -0.2) is 4.98 Å². The summed E-state index contributed by atoms with van der Waals surface area (Å²) in [6.45, 7) is 3.34. The number of amides is 1. The molecule has 5 nitrogen and oxygen atoms in total. The number of rotatable bonds is 7. The van der Waals surface area contributed by atoms with Crippen LogP contribution < -0.4 is 9.64 Å². The van der Waals surface area contributed by atoms with Gasteiger partial charge in [-0.1, -0.05) is 60.7 Å². The normalized spacial score (nSPS) is 16.0. The van der Waals surface area contributed by atoms with E-state index >= 15 is 0 Å². The zero-order valence-electron chi connectivity index (χ0n) is 18.1. The molecule has 1 aliphatic heterocycles. The molecule has 1 atom stereocenters. The van der Waals surface area contributed by atoms with Crippen molar-refractivity contribution in [2.75, 3.05) is 24.7 Å². The van der Waals surface area contributed by atoms with Crippen molar-refractivity contribution in [1.29, 1.82) is 0 Å². The first-order valence-corrected chi connectivity index (χ1v) is 11.9. The third kappa shape index (κ3) is 4.33. The van der Waals surface area contributed by atoms with Crippen LogP contribution in [0.5, 0.6) is 5.75 Å². The summed E-state index contributed by atoms with van der Waals surface area (Å²) >= 11 is 1.55. The summed E-state index contributed by atoms with van der Waals surface area (Å²) < 4.78 is 12.8. The van der Waals surface area contributed by atoms with Crippen molar-refractivity contribution in [1.82, 2.24) is 4.98 Å². The number of ether oxygens (including phenoxy) is 2. The lowest BCUT2D eigenvalue weighted by atomic mass is 10.1. The fourth-order valence-corrected chi connectivity index (χ4v) is 5.19. The molecule has 0 aliphatic carbocycles. The summed E-state index contributed by atoms with van der Waals surface area (Å²) in [4.78, 5) is 19.9. The van der Waals surface area contributed by atoms with E-state index in [-0.39, 0.29) is 18.6 Å². The Kier molecular flexibility index (Phi) is 6.06. The highest BCUT2D eigenvalue weighted by Gasteiger charge is 2.26. The van der Waals surface area contributed by atoms with Gasteiger partial charge < -0.3 is 9.47 Å². The molecule has 1 fully saturated rings. The first-order chi connectivity index (χ1) is 15.7. The number of fused-ring (bicyclic) bond motifs is 2. The molecule has 1 aromatic heterocycles. The highest BCUT2D eigenvalue weighted by atomic mass is 32.1. The molecule has 1 amide bonds. The fraction of sp³-hybridized carbons (Fsp3) is 0.308. The third-order valence-electron chi connectivity index (χ3n) is 5.90. The second kappa shape index (κ2) is 9.27. The quantitative estimate of drug-likeness (QED) is 0.371. The number of thiazole rings is 1. The number of nitrogens with zero attached hydrogens (tertiary/aromatic N) is 2. The van der Waals surface area contributed by atoms with Crippen molar-refractivity contribution < 1.29 is 14.3 Å². The maximum absolute atomic E-state index is 13.3. The molecule has 6 heteroatoms. The van der Waals surface area contributed by atoms with Crippen LogP contribution in [0.15, 0.2) is 60.7 Å². The van der Waals surface area contributed by atoms with Crippen LogP contribution in [0.4, 0.5) is 5.13 Å². The van der Waals surface area contributed by atoms with Gasteiger partial charge in [-0.2, -0.15) is 0 Å². The van der Waals surface area contributed by atoms with Gasteiger partial charge in [0.25, 0.3) is 5.91 Å². The van der Waals surface area contributed by atoms with Crippen molar-refractivity contribution in [2.45, 2.75) is 32.3 Å². The number of anilines is 1. The van der Waals surface area contributed by atoms with Crippen LogP contribution in [0.1, 0.15) is 25.3 Å². The average Bonchev–Trinajstić information content (AvgIpc) is 3.50. The van der Waals surface area contributed by atoms with Crippen LogP contribution in [-0.4, -0.2) is 36.8 Å². The molecule has 164 valence electrons. The van der Waals surface area contributed by atoms with Gasteiger partial charge in [-0.15, -0.1) is 0 Å². The molecule has 32 heavy (non-hydrogen) atoms. The average molecular weight is 447 g/mol. The molecule has 0 saturated carbocycles. The van der Waals surface area contributed by atoms with E-state index in [9.17, 15) is 4.79 Å². The van der Waals surface area contributed by atoms with Gasteiger partial charge in [0.15, 0.2) is 11.7 Å². The number of hydrogen-bond acceptors (Lipinski definition) is 5. The standard InChI is InChI=1S/C26H26N2O3S/c1-2-18-9-5-11-23-25(18)27-26(32-23)28(16-22-10-6-14-30-22)24(29)17-31-21-13-12-19-7-3-4-8-20(19)15-21/h3-5,7-9,11-13,15,22H,2,6,10,14,16-17H2,1H3. The number of benzene rings is 3. The zero-order valence-corrected chi connectivity index (χ0v) is 18.9. The summed E-state index contributed by atoms with van der Waals surface area (Å²) in [6, 6.07) is 20.2. The second-order valence-corrected chi connectivity index (χ2v) is 9.06. The van der Waals surface area contributed by atoms with Crippen LogP contribution in [0.2, 0.25) is 0 Å². The van der Waals surface area contributed by atoms with E-state index in [0.717, 1.165) is 46.9 Å². The highest BCUT2D eigenvalue weighted by Crippen LogP contribution is 2.32. The first-order valence-electron chi connectivity index (χ1n) is 11.1. The number of aromatic nitrogens is 1. The van der Waals surface area contributed by atoms with Crippen molar-refractivity contribution in [3.63, 3.8) is 0 Å². The van der Waals surface area contributed by atoms with E-state index in [2.05, 4.69) is 31.2 Å². The molecule has 3 aromatic carbocycles. The second-order valence-electron chi connectivity index (χ2n) is 8.05. The van der Waals surface area contributed by atoms with Crippen molar-refractivity contribution in [3.05, 3.63) is 66.2 Å². The molecule has 0 bridgehead atoms. The smallest absolute Gasteiger partial charge is 0.266 e. The van der Waals surface area contributed by atoms with E-state index in [1.54, 1.807) is 16.2 Å². The van der Waals surface area contributed by atoms with Gasteiger partial charge in [0.2, 0.25) is 0 Å². The SMILES string of the molecule is CCc1cccc2sc(N(CC3CCCO3)C(=O)COc3ccc4ccccc4c3)nc12. The molecule has 4 aromatic rings. The topological polar surface area (TPSA) is 51.7 Å². The van der Waals surface area contributed by atoms with Crippen LogP contribution in [-0.2, 0) is 16.0 Å². The summed E-state index contributed by atoms with van der Waals surface area (Å²) in [5.74, 6) is 0.581. The van der Waals surface area contributed by atoms with E-state index in [0.29, 0.717) is 17.4 Å². The number of carbonyl (C=O) groups is 1. The Morgan fingerprint density at radius 2 is 2.03 bits per heavy atom. The number of hydrogen-bond donors (Lipinski definition) is 0. The third-order valence-corrected chi connectivity index (χ3v) is 6.94. The van der Waals surface area contributed by atoms with Gasteiger partial charge in [0.05, 0.1) is 22.9 Å². The van der Waals surface area contributed by atoms with Gasteiger partial charge >= 0.3 is 0 Å². The molecule has 0 N–H and O–H groups in total. The van der Waals surface area contributed by atoms with E-state index in [1.807, 2.05) is 36.4 Å². The summed E-state index contributed by atoms with van der Waals surface area (Å²) in [5, 5.41) is 2.95. The molecule has 5 rings (SSSR count). The number of aryl methyl sites for hydroxylation is 1. The van der Waals surface area contributed by atoms with Crippen molar-refractivity contribution in [3.8, 4) is 5.75 Å². The lowest BCUT2D eigenvalue weighted by Crippen LogP contribution is -2.40. The number of carbonyl (C=O) groups excluding carboxylic acids is 1. The highest BCUT2D eigenvalue weighted by molar-refractivity contribution is 7.22. The molecule has 1 saturated heterocycles. The van der Waals surface area contributed by atoms with Gasteiger partial charge in [0, 0.05) is 6.61 Å². The summed E-state index contributed by atoms with van der Waals surface area (Å²) in [6.07, 6.45) is 2.93. The number of para-hydroxylation sites is 1. The largest absolute Gasteiger partial charge is 0.484 e. The Morgan fingerprint density at radius 3 is 2.84 bits per heavy atom. The Bertz CT molecular complexity index is 1250. The van der Waals surface area contributed by atoms with Crippen molar-refractivity contribution in [2.24, 2.45) is 0 Å². The molecule has 2 heterocycles. The Labute approximate surface area is 191 Å². The van der Waals surface area contributed by atoms with Gasteiger partial charge in [-0.3, -0.25) is 9.69 Å². The van der Waals surface area contributed by atoms with Crippen LogP contribution in [0, 0.1) is 0 Å². The Hall–Kier alpha value is -2.96. The van der Waals surface area contributed by atoms with Gasteiger partial charge in [-0.05, 0) is 53.8 Å². The van der Waals surface area contributed by atoms with Crippen LogP contribution in [0.25, 0.3) is 21.0 Å². The lowest BCUT2D eigenvalue weighted by molar-refractivity contribution is -0.120. The van der Waals surface area contributed by atoms with Crippen LogP contribution >= 0.6 is 11.3 Å². The minimum atomic E-state index is -0.106. The minimum Gasteiger partial charge on any atom is -0.484 e. The minimum absolute atomic E-state index is 0.0391. The van der Waals surface area contributed by atoms with E-state index < -0.39 is 0 Å². The lowest BCUT2D eigenvalue weighted by Gasteiger charge is -2.23. The molecule has 0 radical (unpaired) electrons. The predicted molar refractivity (Wildman–Crippen MR) is 130 cm³/mol. The molecular formula is C26H26N2O3S. The summed E-state index contributed by atoms with van der Waals surface area (Å²) in [7, 11) is 0. The Balaban J connectivity index is 1.38. The Morgan fingerprint density at radius 1 is 1.16 bits per heavy atom. The fourth-order valence-electron chi connectivity index (χ4n) is 4.15. The predicted octanol–water partition coefficient (Wildman–Crippen LogP) is 5.60. The first kappa shape index (κ1) is 20.9. The van der Waals surface area contributed by atoms with Crippen molar-refractivity contribution >= 4 is 43.4 Å². The van der Waals surface area contributed by atoms with E-state index in [1.165, 1.54) is 5.56 Å². The van der Waals surface area contributed by atoms with Gasteiger partial charge in [0.1, 0.15) is 5.75 Å². The molecule has 1 unspecified atom stereocenters. The maximum atomic E-state index is 13.3. The zero-order chi connectivity index (χ0) is 21.9. The van der Waals surface area contributed by atoms with E-state index in [4.69, 9.17) is 14.5 Å².